The van der Waals surface area contributed by atoms with Crippen molar-refractivity contribution >= 4 is 28.8 Å². The fourth-order valence-electron chi connectivity index (χ4n) is 3.82. The van der Waals surface area contributed by atoms with Gasteiger partial charge >= 0.3 is 0 Å². The first-order valence-corrected chi connectivity index (χ1v) is 10.9. The number of hydrogen-bond donors (Lipinski definition) is 1. The molecule has 2 heterocycles. The number of carbonyl (C=O) groups is 2. The topological polar surface area (TPSA) is 57.6 Å². The fraction of sp³-hybridized carbons (Fsp3) is 0.200. The van der Waals surface area contributed by atoms with Crippen LogP contribution in [0.4, 0.5) is 4.39 Å². The van der Waals surface area contributed by atoms with E-state index in [1.807, 2.05) is 37.4 Å². The standard InChI is InChI=1S/C25H22FNO3S/c1-3-16-4-8-18(9-5-16)22(28)20-21(24-15(2)12-13-31-24)27(25(30)23(20)29)14-17-6-10-19(26)11-7-17/h4-13,21,28H,3,14H2,1-2H3/b22-20-. The normalized spacial score (nSPS) is 18.0. The quantitative estimate of drug-likeness (QED) is 0.333. The van der Waals surface area contributed by atoms with Crippen molar-refractivity contribution in [1.82, 2.24) is 4.90 Å². The number of amides is 1. The van der Waals surface area contributed by atoms with Crippen molar-refractivity contribution < 1.29 is 19.1 Å². The molecule has 1 aliphatic rings. The highest BCUT2D eigenvalue weighted by Gasteiger charge is 2.47. The predicted molar refractivity (Wildman–Crippen MR) is 119 cm³/mol. The third-order valence-electron chi connectivity index (χ3n) is 5.59. The molecule has 0 saturated carbocycles. The van der Waals surface area contributed by atoms with Crippen LogP contribution in [0, 0.1) is 12.7 Å². The molecule has 1 atom stereocenters. The molecule has 6 heteroatoms. The summed E-state index contributed by atoms with van der Waals surface area (Å²) in [4.78, 5) is 28.3. The summed E-state index contributed by atoms with van der Waals surface area (Å²) >= 11 is 1.44. The molecule has 2 aromatic carbocycles. The Balaban J connectivity index is 1.83. The van der Waals surface area contributed by atoms with Crippen LogP contribution in [0.5, 0.6) is 0 Å². The first-order chi connectivity index (χ1) is 14.9. The zero-order valence-electron chi connectivity index (χ0n) is 17.3. The van der Waals surface area contributed by atoms with Crippen molar-refractivity contribution in [2.75, 3.05) is 0 Å². The van der Waals surface area contributed by atoms with Gasteiger partial charge in [0.1, 0.15) is 17.6 Å². The minimum absolute atomic E-state index is 0.0851. The molecule has 31 heavy (non-hydrogen) atoms. The number of carbonyl (C=O) groups excluding carboxylic acids is 2. The number of aliphatic hydroxyl groups excluding tert-OH is 1. The maximum atomic E-state index is 13.3. The third kappa shape index (κ3) is 3.91. The van der Waals surface area contributed by atoms with Crippen molar-refractivity contribution in [3.05, 3.63) is 98.5 Å². The van der Waals surface area contributed by atoms with Crippen molar-refractivity contribution in [2.24, 2.45) is 0 Å². The molecule has 0 aliphatic carbocycles. The van der Waals surface area contributed by atoms with Crippen LogP contribution in [-0.2, 0) is 22.6 Å². The van der Waals surface area contributed by atoms with Gasteiger partial charge in [-0.25, -0.2) is 4.39 Å². The second kappa shape index (κ2) is 8.47. The minimum atomic E-state index is -0.711. The Bertz CT molecular complexity index is 1160. The highest BCUT2D eigenvalue weighted by atomic mass is 32.1. The van der Waals surface area contributed by atoms with Gasteiger partial charge in [0.25, 0.3) is 11.7 Å². The Hall–Kier alpha value is -3.25. The van der Waals surface area contributed by atoms with E-state index in [0.717, 1.165) is 22.4 Å². The fourth-order valence-corrected chi connectivity index (χ4v) is 4.87. The molecule has 1 amide bonds. The van der Waals surface area contributed by atoms with Crippen LogP contribution in [0.25, 0.3) is 5.76 Å². The molecule has 1 unspecified atom stereocenters. The zero-order valence-corrected chi connectivity index (χ0v) is 18.1. The Kier molecular flexibility index (Phi) is 5.74. The summed E-state index contributed by atoms with van der Waals surface area (Å²) in [5.41, 5.74) is 3.33. The van der Waals surface area contributed by atoms with Gasteiger partial charge in [-0.2, -0.15) is 0 Å². The molecule has 1 aliphatic heterocycles. The maximum Gasteiger partial charge on any atom is 0.295 e. The average molecular weight is 436 g/mol. The van der Waals surface area contributed by atoms with Crippen molar-refractivity contribution in [2.45, 2.75) is 32.9 Å². The van der Waals surface area contributed by atoms with Crippen LogP contribution in [0.3, 0.4) is 0 Å². The first kappa shape index (κ1) is 21.0. The Morgan fingerprint density at radius 3 is 2.26 bits per heavy atom. The van der Waals surface area contributed by atoms with Gasteiger partial charge < -0.3 is 10.0 Å². The lowest BCUT2D eigenvalue weighted by Crippen LogP contribution is -2.29. The van der Waals surface area contributed by atoms with Crippen LogP contribution in [0.2, 0.25) is 0 Å². The summed E-state index contributed by atoms with van der Waals surface area (Å²) in [6.07, 6.45) is 0.859. The van der Waals surface area contributed by atoms with Crippen LogP contribution in [0.1, 0.15) is 40.1 Å². The van der Waals surface area contributed by atoms with E-state index in [2.05, 4.69) is 0 Å². The van der Waals surface area contributed by atoms with Gasteiger partial charge in [0.05, 0.1) is 5.57 Å². The van der Waals surface area contributed by atoms with Gasteiger partial charge in [0.2, 0.25) is 0 Å². The molecule has 1 aromatic heterocycles. The van der Waals surface area contributed by atoms with E-state index in [4.69, 9.17) is 0 Å². The smallest absolute Gasteiger partial charge is 0.295 e. The van der Waals surface area contributed by atoms with Gasteiger partial charge in [0, 0.05) is 17.0 Å². The molecule has 4 rings (SSSR count). The number of halogens is 1. The molecular weight excluding hydrogens is 413 g/mol. The summed E-state index contributed by atoms with van der Waals surface area (Å²) in [5.74, 6) is -1.93. The molecule has 1 fully saturated rings. The number of thiophene rings is 1. The zero-order chi connectivity index (χ0) is 22.1. The van der Waals surface area contributed by atoms with E-state index < -0.39 is 17.7 Å². The molecule has 158 valence electrons. The van der Waals surface area contributed by atoms with Crippen molar-refractivity contribution in [3.8, 4) is 0 Å². The van der Waals surface area contributed by atoms with Crippen molar-refractivity contribution in [3.63, 3.8) is 0 Å². The van der Waals surface area contributed by atoms with E-state index in [0.29, 0.717) is 11.1 Å². The highest BCUT2D eigenvalue weighted by molar-refractivity contribution is 7.10. The van der Waals surface area contributed by atoms with E-state index >= 15 is 0 Å². The first-order valence-electron chi connectivity index (χ1n) is 10.1. The van der Waals surface area contributed by atoms with Crippen molar-refractivity contribution in [1.29, 1.82) is 0 Å². The summed E-state index contributed by atoms with van der Waals surface area (Å²) in [6.45, 7) is 4.09. The molecule has 3 aromatic rings. The van der Waals surface area contributed by atoms with Crippen LogP contribution in [0.15, 0.2) is 65.6 Å². The molecule has 0 bridgehead atoms. The average Bonchev–Trinajstić information content (AvgIpc) is 3.30. The van der Waals surface area contributed by atoms with E-state index in [9.17, 15) is 19.1 Å². The lowest BCUT2D eigenvalue weighted by molar-refractivity contribution is -0.140. The number of hydrogen-bond acceptors (Lipinski definition) is 4. The number of rotatable bonds is 5. The van der Waals surface area contributed by atoms with Gasteiger partial charge in [-0.15, -0.1) is 11.3 Å². The Labute approximate surface area is 184 Å². The van der Waals surface area contributed by atoms with Crippen LogP contribution >= 0.6 is 11.3 Å². The summed E-state index contributed by atoms with van der Waals surface area (Å²) in [7, 11) is 0. The number of Topliss-reactive ketones (excluding diaryl/α,β-unsaturated/α-hetero) is 1. The SMILES string of the molecule is CCc1ccc(/C(O)=C2/C(=O)C(=O)N(Cc3ccc(F)cc3)C2c2sccc2C)cc1. The maximum absolute atomic E-state index is 13.3. The molecule has 4 nitrogen and oxygen atoms in total. The third-order valence-corrected chi connectivity index (χ3v) is 6.66. The Morgan fingerprint density at radius 1 is 1.03 bits per heavy atom. The van der Waals surface area contributed by atoms with Gasteiger partial charge in [-0.1, -0.05) is 43.3 Å². The van der Waals surface area contributed by atoms with E-state index in [1.54, 1.807) is 24.3 Å². The summed E-state index contributed by atoms with van der Waals surface area (Å²) in [5, 5.41) is 13.0. The number of ketones is 1. The number of aryl methyl sites for hydroxylation is 2. The number of benzene rings is 2. The molecule has 0 radical (unpaired) electrons. The minimum Gasteiger partial charge on any atom is -0.507 e. The number of likely N-dealkylation sites (tertiary alicyclic amines) is 1. The van der Waals surface area contributed by atoms with Gasteiger partial charge in [0.15, 0.2) is 0 Å². The predicted octanol–water partition coefficient (Wildman–Crippen LogP) is 5.38. The Morgan fingerprint density at radius 2 is 1.68 bits per heavy atom. The van der Waals surface area contributed by atoms with E-state index in [-0.39, 0.29) is 23.7 Å². The van der Waals surface area contributed by atoms with Crippen LogP contribution < -0.4 is 0 Å². The second-order valence-electron chi connectivity index (χ2n) is 7.57. The number of nitrogens with zero attached hydrogens (tertiary/aromatic N) is 1. The van der Waals surface area contributed by atoms with Crippen LogP contribution in [-0.4, -0.2) is 21.7 Å². The van der Waals surface area contributed by atoms with Gasteiger partial charge in [-0.3, -0.25) is 9.59 Å². The largest absolute Gasteiger partial charge is 0.507 e. The lowest BCUT2D eigenvalue weighted by Gasteiger charge is -2.25. The lowest BCUT2D eigenvalue weighted by atomic mass is 9.97. The summed E-state index contributed by atoms with van der Waals surface area (Å²) < 4.78 is 13.3. The molecule has 0 spiro atoms. The molecule has 1 N–H and O–H groups in total. The highest BCUT2D eigenvalue weighted by Crippen LogP contribution is 2.43. The molecular formula is C25H22FNO3S. The van der Waals surface area contributed by atoms with Gasteiger partial charge in [-0.05, 0) is 53.6 Å². The second-order valence-corrected chi connectivity index (χ2v) is 8.52. The van der Waals surface area contributed by atoms with E-state index in [1.165, 1.54) is 28.4 Å². The number of aliphatic hydroxyl groups is 1. The monoisotopic (exact) mass is 435 g/mol. The molecule has 1 saturated heterocycles. The summed E-state index contributed by atoms with van der Waals surface area (Å²) in [6, 6.07) is 14.4.